The Hall–Kier alpha value is -1.49. The molecule has 2 heterocycles. The van der Waals surface area contributed by atoms with E-state index in [1.54, 1.807) is 6.07 Å². The average molecular weight is 392 g/mol. The summed E-state index contributed by atoms with van der Waals surface area (Å²) >= 11 is 12.4. The quantitative estimate of drug-likeness (QED) is 0.748. The molecule has 1 saturated heterocycles. The van der Waals surface area contributed by atoms with Gasteiger partial charge >= 0.3 is 0 Å². The standard InChI is InChI=1S/C20H23Cl2N3O/c21-17-5-6-18(19(22)20(17)26)25(15-3-4-15)16-11-14(12-23-13-16)7-10-24-8-1-2-9-24/h5-6,11-13,15,26H,1-4,7-10H2. The highest BCUT2D eigenvalue weighted by Crippen LogP contribution is 2.46. The first-order valence-electron chi connectivity index (χ1n) is 9.26. The third-order valence-electron chi connectivity index (χ3n) is 5.19. The van der Waals surface area contributed by atoms with Gasteiger partial charge in [0.05, 0.1) is 22.6 Å². The van der Waals surface area contributed by atoms with Crippen LogP contribution >= 0.6 is 23.2 Å². The number of hydrogen-bond acceptors (Lipinski definition) is 4. The van der Waals surface area contributed by atoms with Crippen molar-refractivity contribution in [1.82, 2.24) is 9.88 Å². The first-order chi connectivity index (χ1) is 12.6. The molecule has 0 radical (unpaired) electrons. The molecular weight excluding hydrogens is 369 g/mol. The van der Waals surface area contributed by atoms with E-state index >= 15 is 0 Å². The molecule has 26 heavy (non-hydrogen) atoms. The molecule has 2 aromatic rings. The molecule has 0 atom stereocenters. The molecule has 0 unspecified atom stereocenters. The Labute approximate surface area is 164 Å². The van der Waals surface area contributed by atoms with Crippen molar-refractivity contribution >= 4 is 34.6 Å². The maximum Gasteiger partial charge on any atom is 0.154 e. The summed E-state index contributed by atoms with van der Waals surface area (Å²) in [5.41, 5.74) is 3.04. The van der Waals surface area contributed by atoms with Gasteiger partial charge in [0.1, 0.15) is 5.02 Å². The highest BCUT2D eigenvalue weighted by Gasteiger charge is 2.32. The van der Waals surface area contributed by atoms with Crippen LogP contribution in [-0.2, 0) is 6.42 Å². The maximum atomic E-state index is 10.1. The number of aromatic nitrogens is 1. The van der Waals surface area contributed by atoms with E-state index in [0.717, 1.165) is 37.2 Å². The lowest BCUT2D eigenvalue weighted by Gasteiger charge is -2.26. The van der Waals surface area contributed by atoms with E-state index < -0.39 is 0 Å². The second-order valence-corrected chi connectivity index (χ2v) is 7.97. The summed E-state index contributed by atoms with van der Waals surface area (Å²) < 4.78 is 0. The number of rotatable bonds is 6. The zero-order valence-corrected chi connectivity index (χ0v) is 16.2. The van der Waals surface area contributed by atoms with Crippen molar-refractivity contribution in [3.8, 4) is 5.75 Å². The molecule has 0 bridgehead atoms. The van der Waals surface area contributed by atoms with E-state index in [9.17, 15) is 5.11 Å². The second kappa shape index (κ2) is 7.63. The number of likely N-dealkylation sites (tertiary alicyclic amines) is 1. The lowest BCUT2D eigenvalue weighted by Crippen LogP contribution is -2.23. The molecule has 4 nitrogen and oxygen atoms in total. The van der Waals surface area contributed by atoms with Gasteiger partial charge in [0, 0.05) is 18.8 Å². The fourth-order valence-corrected chi connectivity index (χ4v) is 4.09. The van der Waals surface area contributed by atoms with Crippen molar-refractivity contribution < 1.29 is 5.11 Å². The van der Waals surface area contributed by atoms with Gasteiger partial charge in [-0.15, -0.1) is 0 Å². The number of benzene rings is 1. The normalized spacial score (nSPS) is 17.6. The molecule has 0 amide bonds. The molecular formula is C20H23Cl2N3O. The van der Waals surface area contributed by atoms with Gasteiger partial charge in [0.2, 0.25) is 0 Å². The average Bonchev–Trinajstić information content (AvgIpc) is 3.34. The van der Waals surface area contributed by atoms with Crippen molar-refractivity contribution in [3.05, 3.63) is 46.2 Å². The lowest BCUT2D eigenvalue weighted by atomic mass is 10.1. The number of aromatic hydroxyl groups is 1. The molecule has 2 aliphatic rings. The number of pyridine rings is 1. The molecule has 1 N–H and O–H groups in total. The largest absolute Gasteiger partial charge is 0.505 e. The lowest BCUT2D eigenvalue weighted by molar-refractivity contribution is 0.343. The van der Waals surface area contributed by atoms with Gasteiger partial charge in [-0.3, -0.25) is 4.98 Å². The molecule has 138 valence electrons. The Morgan fingerprint density at radius 1 is 1.15 bits per heavy atom. The zero-order valence-electron chi connectivity index (χ0n) is 14.7. The van der Waals surface area contributed by atoms with Crippen LogP contribution in [0.5, 0.6) is 5.75 Å². The van der Waals surface area contributed by atoms with E-state index in [1.165, 1.54) is 31.5 Å². The van der Waals surface area contributed by atoms with E-state index in [1.807, 2.05) is 18.5 Å². The van der Waals surface area contributed by atoms with E-state index in [-0.39, 0.29) is 10.8 Å². The van der Waals surface area contributed by atoms with Gasteiger partial charge in [0.25, 0.3) is 0 Å². The van der Waals surface area contributed by atoms with E-state index in [2.05, 4.69) is 20.9 Å². The van der Waals surface area contributed by atoms with Crippen molar-refractivity contribution in [1.29, 1.82) is 0 Å². The summed E-state index contributed by atoms with van der Waals surface area (Å²) in [6.07, 6.45) is 9.66. The number of nitrogens with zero attached hydrogens (tertiary/aromatic N) is 3. The minimum absolute atomic E-state index is 0.0605. The van der Waals surface area contributed by atoms with Crippen LogP contribution in [0.4, 0.5) is 11.4 Å². The first-order valence-corrected chi connectivity index (χ1v) is 10.0. The predicted molar refractivity (Wildman–Crippen MR) is 107 cm³/mol. The summed E-state index contributed by atoms with van der Waals surface area (Å²) in [6, 6.07) is 6.16. The van der Waals surface area contributed by atoms with Crippen LogP contribution in [0, 0.1) is 0 Å². The molecule has 1 aliphatic heterocycles. The summed E-state index contributed by atoms with van der Waals surface area (Å²) in [7, 11) is 0. The summed E-state index contributed by atoms with van der Waals surface area (Å²) in [5.74, 6) is -0.0605. The summed E-state index contributed by atoms with van der Waals surface area (Å²) in [4.78, 5) is 9.16. The third-order valence-corrected chi connectivity index (χ3v) is 5.87. The van der Waals surface area contributed by atoms with Gasteiger partial charge in [-0.2, -0.15) is 0 Å². The fourth-order valence-electron chi connectivity index (χ4n) is 3.63. The number of hydrogen-bond donors (Lipinski definition) is 1. The van der Waals surface area contributed by atoms with Gasteiger partial charge in [0.15, 0.2) is 5.75 Å². The Kier molecular flexibility index (Phi) is 5.25. The molecule has 0 spiro atoms. The van der Waals surface area contributed by atoms with Crippen molar-refractivity contribution in [2.24, 2.45) is 0 Å². The summed E-state index contributed by atoms with van der Waals surface area (Å²) in [6.45, 7) is 3.50. The Morgan fingerprint density at radius 2 is 1.92 bits per heavy atom. The van der Waals surface area contributed by atoms with E-state index in [0.29, 0.717) is 11.1 Å². The van der Waals surface area contributed by atoms with Crippen LogP contribution in [0.2, 0.25) is 10.0 Å². The van der Waals surface area contributed by atoms with E-state index in [4.69, 9.17) is 23.2 Å². The van der Waals surface area contributed by atoms with Gasteiger partial charge in [-0.25, -0.2) is 0 Å². The second-order valence-electron chi connectivity index (χ2n) is 7.18. The Balaban J connectivity index is 1.59. The molecule has 1 saturated carbocycles. The molecule has 2 fully saturated rings. The van der Waals surface area contributed by atoms with Crippen molar-refractivity contribution in [2.45, 2.75) is 38.1 Å². The Morgan fingerprint density at radius 3 is 2.65 bits per heavy atom. The minimum atomic E-state index is -0.0605. The number of phenolic OH excluding ortho intramolecular Hbond substituents is 1. The Bertz CT molecular complexity index is 789. The topological polar surface area (TPSA) is 39.6 Å². The monoisotopic (exact) mass is 391 g/mol. The van der Waals surface area contributed by atoms with Gasteiger partial charge in [-0.1, -0.05) is 23.2 Å². The predicted octanol–water partition coefficient (Wildman–Crippen LogP) is 5.03. The molecule has 1 aliphatic carbocycles. The number of phenols is 1. The van der Waals surface area contributed by atoms with Crippen molar-refractivity contribution in [2.75, 3.05) is 24.5 Å². The smallest absolute Gasteiger partial charge is 0.154 e. The highest BCUT2D eigenvalue weighted by atomic mass is 35.5. The van der Waals surface area contributed by atoms with Gasteiger partial charge in [-0.05, 0) is 69.0 Å². The zero-order chi connectivity index (χ0) is 18.1. The van der Waals surface area contributed by atoms with Crippen LogP contribution < -0.4 is 4.90 Å². The highest BCUT2D eigenvalue weighted by molar-refractivity contribution is 6.39. The summed E-state index contributed by atoms with van der Waals surface area (Å²) in [5, 5.41) is 10.7. The van der Waals surface area contributed by atoms with Crippen LogP contribution in [0.15, 0.2) is 30.6 Å². The van der Waals surface area contributed by atoms with Crippen molar-refractivity contribution in [3.63, 3.8) is 0 Å². The first kappa shape index (κ1) is 17.9. The third kappa shape index (κ3) is 3.78. The molecule has 6 heteroatoms. The fraction of sp³-hybridized carbons (Fsp3) is 0.450. The van der Waals surface area contributed by atoms with Crippen LogP contribution in [0.25, 0.3) is 0 Å². The van der Waals surface area contributed by atoms with Crippen LogP contribution in [0.3, 0.4) is 0 Å². The van der Waals surface area contributed by atoms with Gasteiger partial charge < -0.3 is 14.9 Å². The molecule has 4 rings (SSSR count). The molecule has 1 aromatic heterocycles. The van der Waals surface area contributed by atoms with Crippen LogP contribution in [0.1, 0.15) is 31.2 Å². The molecule has 1 aromatic carbocycles. The van der Waals surface area contributed by atoms with Crippen LogP contribution in [-0.4, -0.2) is 40.7 Å². The number of halogens is 2. The number of anilines is 2. The SMILES string of the molecule is Oc1c(Cl)ccc(N(c2cncc(CCN3CCCC3)c2)C2CC2)c1Cl. The minimum Gasteiger partial charge on any atom is -0.505 e. The maximum absolute atomic E-state index is 10.1.